The van der Waals surface area contributed by atoms with Crippen molar-refractivity contribution in [1.29, 1.82) is 0 Å². The standard InChI is InChI=1S/C9H2B6F3NO/c10-1-3(16)2(11)6(5(18)4(1)17)20-7-8(12,13)19-9(7,14)15/h7,19H. The molecule has 1 saturated heterocycles. The Kier molecular flexibility index (Phi) is 3.56. The molecule has 0 bridgehead atoms. The molecule has 0 amide bonds. The summed E-state index contributed by atoms with van der Waals surface area (Å²) >= 11 is 0. The van der Waals surface area contributed by atoms with Crippen LogP contribution in [0.25, 0.3) is 0 Å². The molecule has 0 saturated carbocycles. The molecule has 11 heteroatoms. The largest absolute Gasteiger partial charge is 0.487 e. The molecule has 1 heterocycles. The van der Waals surface area contributed by atoms with Crippen LogP contribution in [0.2, 0.25) is 0 Å². The van der Waals surface area contributed by atoms with E-state index in [0.29, 0.717) is 0 Å². The second-order valence-corrected chi connectivity index (χ2v) is 4.59. The van der Waals surface area contributed by atoms with Crippen LogP contribution in [-0.4, -0.2) is 63.9 Å². The van der Waals surface area contributed by atoms with E-state index in [9.17, 15) is 13.2 Å². The monoisotopic (exact) mass is 263 g/mol. The Hall–Kier alpha value is -0.840. The Bertz CT molecular complexity index is 538. The van der Waals surface area contributed by atoms with Crippen LogP contribution < -0.4 is 21.0 Å². The van der Waals surface area contributed by atoms with E-state index in [1.54, 1.807) is 0 Å². The van der Waals surface area contributed by atoms with Crippen molar-refractivity contribution in [2.45, 2.75) is 16.8 Å². The molecule has 0 spiro atoms. The first-order valence-electron chi connectivity index (χ1n) is 5.32. The van der Waals surface area contributed by atoms with Crippen molar-refractivity contribution in [2.75, 3.05) is 0 Å². The zero-order chi connectivity index (χ0) is 15.5. The number of hydrogen-bond acceptors (Lipinski definition) is 2. The lowest BCUT2D eigenvalue weighted by Gasteiger charge is -2.60. The first-order valence-corrected chi connectivity index (χ1v) is 5.32. The summed E-state index contributed by atoms with van der Waals surface area (Å²) in [5.41, 5.74) is -1.92. The third-order valence-electron chi connectivity index (χ3n) is 2.88. The maximum absolute atomic E-state index is 13.7. The maximum Gasteiger partial charge on any atom is 0.199 e. The van der Waals surface area contributed by atoms with Gasteiger partial charge in [0.1, 0.15) is 27.6 Å². The molecule has 0 aromatic heterocycles. The van der Waals surface area contributed by atoms with Gasteiger partial charge in [0.05, 0.1) is 31.4 Å². The normalized spacial score (nSPS) is 20.4. The highest BCUT2D eigenvalue weighted by Gasteiger charge is 2.52. The van der Waals surface area contributed by atoms with E-state index in [1.807, 2.05) is 0 Å². The summed E-state index contributed by atoms with van der Waals surface area (Å²) in [5.74, 6) is -5.58. The summed E-state index contributed by atoms with van der Waals surface area (Å²) < 4.78 is 45.6. The number of rotatable bonds is 2. The minimum absolute atomic E-state index is 0.847. The fraction of sp³-hybridized carbons (Fsp3) is 0.333. The molecule has 1 aliphatic heterocycles. The fourth-order valence-corrected chi connectivity index (χ4v) is 1.93. The third-order valence-corrected chi connectivity index (χ3v) is 2.88. The van der Waals surface area contributed by atoms with Gasteiger partial charge in [0, 0.05) is 0 Å². The molecule has 20 heavy (non-hydrogen) atoms. The van der Waals surface area contributed by atoms with Gasteiger partial charge in [0.15, 0.2) is 17.4 Å². The molecular weight excluding hydrogens is 260 g/mol. The molecule has 2 rings (SSSR count). The van der Waals surface area contributed by atoms with Crippen LogP contribution in [0.15, 0.2) is 0 Å². The highest BCUT2D eigenvalue weighted by molar-refractivity contribution is 6.49. The number of halogens is 3. The van der Waals surface area contributed by atoms with Crippen molar-refractivity contribution in [2.24, 2.45) is 0 Å². The highest BCUT2D eigenvalue weighted by atomic mass is 19.2. The summed E-state index contributed by atoms with van der Waals surface area (Å²) in [6.45, 7) is 0. The zero-order valence-electron chi connectivity index (χ0n) is 10.1. The smallest absolute Gasteiger partial charge is 0.199 e. The van der Waals surface area contributed by atoms with E-state index >= 15 is 0 Å². The van der Waals surface area contributed by atoms with Gasteiger partial charge in [-0.05, 0) is 21.6 Å². The van der Waals surface area contributed by atoms with Gasteiger partial charge >= 0.3 is 0 Å². The summed E-state index contributed by atoms with van der Waals surface area (Å²) in [7, 11) is 32.3. The lowest BCUT2D eigenvalue weighted by molar-refractivity contribution is 0.0580. The molecule has 12 radical (unpaired) electrons. The van der Waals surface area contributed by atoms with Crippen molar-refractivity contribution in [1.82, 2.24) is 5.32 Å². The molecule has 2 nitrogen and oxygen atoms in total. The number of benzene rings is 1. The molecule has 0 unspecified atom stereocenters. The summed E-state index contributed by atoms with van der Waals surface area (Å²) in [5, 5.41) is -1.13. The maximum atomic E-state index is 13.7. The minimum Gasteiger partial charge on any atom is -0.487 e. The van der Waals surface area contributed by atoms with Crippen molar-refractivity contribution >= 4 is 58.0 Å². The van der Waals surface area contributed by atoms with Gasteiger partial charge in [0.2, 0.25) is 0 Å². The Labute approximate surface area is 122 Å². The Morgan fingerprint density at radius 3 is 1.80 bits per heavy atom. The van der Waals surface area contributed by atoms with E-state index in [1.165, 1.54) is 0 Å². The van der Waals surface area contributed by atoms with Crippen LogP contribution in [0.5, 0.6) is 5.75 Å². The van der Waals surface area contributed by atoms with Crippen molar-refractivity contribution < 1.29 is 17.9 Å². The molecule has 1 aromatic rings. The van der Waals surface area contributed by atoms with Gasteiger partial charge in [-0.3, -0.25) is 0 Å². The van der Waals surface area contributed by atoms with Crippen LogP contribution >= 0.6 is 0 Å². The Morgan fingerprint density at radius 1 is 0.850 bits per heavy atom. The summed E-state index contributed by atoms with van der Waals surface area (Å²) in [6, 6.07) is 0. The van der Waals surface area contributed by atoms with Gasteiger partial charge in [-0.25, -0.2) is 8.78 Å². The van der Waals surface area contributed by atoms with E-state index in [-0.39, 0.29) is 0 Å². The van der Waals surface area contributed by atoms with Crippen molar-refractivity contribution in [3.05, 3.63) is 17.5 Å². The second-order valence-electron chi connectivity index (χ2n) is 4.59. The quantitative estimate of drug-likeness (QED) is 0.454. The average Bonchev–Trinajstić information content (AvgIpc) is 2.32. The SMILES string of the molecule is [B]c1c(F)c([B])c(OC2C([B])([B])NC2([B])[B])c(F)c1F. The molecule has 1 N–H and O–H groups in total. The van der Waals surface area contributed by atoms with E-state index in [0.717, 1.165) is 0 Å². The Morgan fingerprint density at radius 2 is 1.35 bits per heavy atom. The van der Waals surface area contributed by atoms with Gasteiger partial charge < -0.3 is 10.1 Å². The molecule has 1 aromatic carbocycles. The van der Waals surface area contributed by atoms with E-state index < -0.39 is 50.9 Å². The van der Waals surface area contributed by atoms with Gasteiger partial charge in [-0.15, -0.1) is 0 Å². The first-order chi connectivity index (χ1) is 8.99. The van der Waals surface area contributed by atoms with Crippen molar-refractivity contribution in [3.63, 3.8) is 0 Å². The van der Waals surface area contributed by atoms with Gasteiger partial charge in [-0.2, -0.15) is 4.39 Å². The van der Waals surface area contributed by atoms with Crippen LogP contribution in [0, 0.1) is 17.5 Å². The summed E-state index contributed by atoms with van der Waals surface area (Å²) in [4.78, 5) is 0. The summed E-state index contributed by atoms with van der Waals surface area (Å²) in [6.07, 6.45) is -1.39. The topological polar surface area (TPSA) is 21.3 Å². The van der Waals surface area contributed by atoms with E-state index in [4.69, 9.17) is 51.8 Å². The van der Waals surface area contributed by atoms with Crippen LogP contribution in [0.1, 0.15) is 0 Å². The predicted molar refractivity (Wildman–Crippen MR) is 73.1 cm³/mol. The van der Waals surface area contributed by atoms with E-state index in [2.05, 4.69) is 5.32 Å². The fourth-order valence-electron chi connectivity index (χ4n) is 1.93. The first kappa shape index (κ1) is 15.5. The lowest BCUT2D eigenvalue weighted by atomic mass is 9.38. The van der Waals surface area contributed by atoms with Crippen molar-refractivity contribution in [3.8, 4) is 5.75 Å². The molecule has 88 valence electrons. The number of ether oxygens (including phenoxy) is 1. The van der Waals surface area contributed by atoms with Crippen LogP contribution in [0.4, 0.5) is 13.2 Å². The van der Waals surface area contributed by atoms with Crippen LogP contribution in [-0.2, 0) is 0 Å². The van der Waals surface area contributed by atoms with Gasteiger partial charge in [-0.1, -0.05) is 0 Å². The minimum atomic E-state index is -1.73. The Balaban J connectivity index is 2.45. The number of hydrogen-bond donors (Lipinski definition) is 1. The molecule has 0 atom stereocenters. The third kappa shape index (κ3) is 2.20. The molecule has 0 aliphatic carbocycles. The second kappa shape index (κ2) is 4.58. The van der Waals surface area contributed by atoms with Gasteiger partial charge in [0.25, 0.3) is 0 Å². The van der Waals surface area contributed by atoms with Crippen LogP contribution in [0.3, 0.4) is 0 Å². The molecular formula is C9H2B6F3NO. The average molecular weight is 262 g/mol. The lowest BCUT2D eigenvalue weighted by Crippen LogP contribution is -2.86. The highest BCUT2D eigenvalue weighted by Crippen LogP contribution is 2.30. The zero-order valence-corrected chi connectivity index (χ0v) is 10.1. The predicted octanol–water partition coefficient (Wildman–Crippen LogP) is -2.98. The molecule has 1 aliphatic rings. The number of nitrogens with one attached hydrogen (secondary N) is 1. The molecule has 1 fully saturated rings.